The zero-order valence-corrected chi connectivity index (χ0v) is 17.6. The van der Waals surface area contributed by atoms with Crippen LogP contribution >= 0.6 is 0 Å². The summed E-state index contributed by atoms with van der Waals surface area (Å²) in [5.74, 6) is -0.113. The van der Waals surface area contributed by atoms with Crippen molar-refractivity contribution < 1.29 is 9.18 Å². The molecule has 6 nitrogen and oxygen atoms in total. The predicted molar refractivity (Wildman–Crippen MR) is 118 cm³/mol. The number of aromatic nitrogens is 2. The van der Waals surface area contributed by atoms with Crippen LogP contribution in [0.1, 0.15) is 41.6 Å². The van der Waals surface area contributed by atoms with Crippen LogP contribution in [0.15, 0.2) is 48.5 Å². The summed E-state index contributed by atoms with van der Waals surface area (Å²) >= 11 is 0. The first-order valence-corrected chi connectivity index (χ1v) is 10.3. The number of aryl methyl sites for hydroxylation is 3. The quantitative estimate of drug-likeness (QED) is 0.515. The number of halogens is 1. The fourth-order valence-electron chi connectivity index (χ4n) is 3.33. The third-order valence-electron chi connectivity index (χ3n) is 5.08. The number of carbonyl (C=O) groups excluding carboxylic acids is 1. The number of amides is 1. The Kier molecular flexibility index (Phi) is 7.39. The lowest BCUT2D eigenvalue weighted by atomic mass is 10.1. The minimum Gasteiger partial charge on any atom is -0.382 e. The Morgan fingerprint density at radius 2 is 1.84 bits per heavy atom. The molecule has 1 aromatic heterocycles. The molecule has 0 saturated carbocycles. The molecule has 31 heavy (non-hydrogen) atoms. The molecule has 0 saturated heterocycles. The lowest BCUT2D eigenvalue weighted by molar-refractivity contribution is -0.121. The molecule has 0 aliphatic heterocycles. The molecule has 0 aliphatic rings. The molecule has 0 fully saturated rings. The fourth-order valence-corrected chi connectivity index (χ4v) is 3.33. The van der Waals surface area contributed by atoms with Crippen LogP contribution in [0.5, 0.6) is 0 Å². The molecule has 0 radical (unpaired) electrons. The van der Waals surface area contributed by atoms with E-state index in [0.717, 1.165) is 12.8 Å². The van der Waals surface area contributed by atoms with E-state index in [-0.39, 0.29) is 17.5 Å². The van der Waals surface area contributed by atoms with Gasteiger partial charge in [0.15, 0.2) is 0 Å². The van der Waals surface area contributed by atoms with E-state index >= 15 is 0 Å². The molecule has 0 spiro atoms. The van der Waals surface area contributed by atoms with Gasteiger partial charge in [-0.15, -0.1) is 0 Å². The van der Waals surface area contributed by atoms with E-state index in [4.69, 9.17) is 5.73 Å². The van der Waals surface area contributed by atoms with Crippen LogP contribution in [-0.2, 0) is 17.6 Å². The van der Waals surface area contributed by atoms with E-state index in [9.17, 15) is 14.4 Å². The van der Waals surface area contributed by atoms with Crippen molar-refractivity contribution in [3.05, 3.63) is 76.7 Å². The van der Waals surface area contributed by atoms with Crippen molar-refractivity contribution >= 4 is 11.7 Å². The molecule has 0 bridgehead atoms. The third kappa shape index (κ3) is 5.92. The number of nitrogens with zero attached hydrogens (tertiary/aromatic N) is 3. The van der Waals surface area contributed by atoms with Crippen molar-refractivity contribution in [1.82, 2.24) is 15.1 Å². The zero-order chi connectivity index (χ0) is 22.2. The van der Waals surface area contributed by atoms with Gasteiger partial charge in [-0.1, -0.05) is 29.8 Å². The SMILES string of the molecule is Cc1ccc(CCCC(=O)NCCCc2nn(-c3ccc(F)cc3)c(N)c2C#N)cc1. The lowest BCUT2D eigenvalue weighted by Gasteiger charge is -2.05. The average Bonchev–Trinajstić information content (AvgIpc) is 3.08. The topological polar surface area (TPSA) is 96.7 Å². The molecule has 0 aliphatic carbocycles. The molecule has 3 aromatic rings. The average molecular weight is 420 g/mol. The Morgan fingerprint density at radius 1 is 1.13 bits per heavy atom. The van der Waals surface area contributed by atoms with E-state index in [1.54, 1.807) is 12.1 Å². The van der Waals surface area contributed by atoms with Gasteiger partial charge in [0.25, 0.3) is 0 Å². The van der Waals surface area contributed by atoms with Crippen molar-refractivity contribution in [2.45, 2.75) is 39.0 Å². The first-order valence-electron chi connectivity index (χ1n) is 10.3. The second-order valence-electron chi connectivity index (χ2n) is 7.50. The number of anilines is 1. The Bertz CT molecular complexity index is 1070. The number of carbonyl (C=O) groups is 1. The van der Waals surface area contributed by atoms with E-state index in [1.165, 1.54) is 27.9 Å². The van der Waals surface area contributed by atoms with Gasteiger partial charge in [0.05, 0.1) is 11.4 Å². The van der Waals surface area contributed by atoms with Gasteiger partial charge in [0.1, 0.15) is 23.3 Å². The highest BCUT2D eigenvalue weighted by Gasteiger charge is 2.16. The van der Waals surface area contributed by atoms with Gasteiger partial charge in [0, 0.05) is 13.0 Å². The molecule has 160 valence electrons. The molecular weight excluding hydrogens is 393 g/mol. The number of nitriles is 1. The summed E-state index contributed by atoms with van der Waals surface area (Å²) in [4.78, 5) is 12.1. The van der Waals surface area contributed by atoms with Gasteiger partial charge in [-0.05, 0) is 62.4 Å². The van der Waals surface area contributed by atoms with Gasteiger partial charge in [-0.2, -0.15) is 10.4 Å². The van der Waals surface area contributed by atoms with Crippen LogP contribution in [0.3, 0.4) is 0 Å². The fraction of sp³-hybridized carbons (Fsp3) is 0.292. The van der Waals surface area contributed by atoms with Crippen molar-refractivity contribution in [2.75, 3.05) is 12.3 Å². The summed E-state index contributed by atoms with van der Waals surface area (Å²) in [6.07, 6.45) is 3.29. The summed E-state index contributed by atoms with van der Waals surface area (Å²) in [6.45, 7) is 2.55. The Labute approximate surface area is 181 Å². The highest BCUT2D eigenvalue weighted by Crippen LogP contribution is 2.21. The molecule has 1 amide bonds. The maximum absolute atomic E-state index is 13.2. The van der Waals surface area contributed by atoms with Crippen LogP contribution in [-0.4, -0.2) is 22.2 Å². The highest BCUT2D eigenvalue weighted by atomic mass is 19.1. The summed E-state index contributed by atoms with van der Waals surface area (Å²) in [5, 5.41) is 16.8. The standard InChI is InChI=1S/C24H26FN5O/c1-17-7-9-18(10-8-17)4-2-6-23(31)28-15-3-5-22-21(16-26)24(27)30(29-22)20-13-11-19(25)12-14-20/h7-14H,2-6,15,27H2,1H3,(H,28,31). The summed E-state index contributed by atoms with van der Waals surface area (Å²) in [5.41, 5.74) is 9.99. The minimum absolute atomic E-state index is 0.0176. The minimum atomic E-state index is -0.357. The Morgan fingerprint density at radius 3 is 2.52 bits per heavy atom. The van der Waals surface area contributed by atoms with Gasteiger partial charge in [-0.25, -0.2) is 9.07 Å². The van der Waals surface area contributed by atoms with E-state index < -0.39 is 0 Å². The maximum Gasteiger partial charge on any atom is 0.220 e. The Balaban J connectivity index is 1.46. The van der Waals surface area contributed by atoms with Crippen molar-refractivity contribution in [2.24, 2.45) is 0 Å². The normalized spacial score (nSPS) is 10.6. The smallest absolute Gasteiger partial charge is 0.220 e. The Hall–Kier alpha value is -3.66. The predicted octanol–water partition coefficient (Wildman–Crippen LogP) is 3.85. The molecule has 2 aromatic carbocycles. The molecule has 3 N–H and O–H groups in total. The number of hydrogen-bond acceptors (Lipinski definition) is 4. The van der Waals surface area contributed by atoms with Gasteiger partial charge >= 0.3 is 0 Å². The third-order valence-corrected chi connectivity index (χ3v) is 5.08. The van der Waals surface area contributed by atoms with Crippen molar-refractivity contribution in [1.29, 1.82) is 5.26 Å². The molecule has 1 heterocycles. The number of nitrogens with two attached hydrogens (primary N) is 1. The second kappa shape index (κ2) is 10.4. The summed E-state index contributed by atoms with van der Waals surface area (Å²) < 4.78 is 14.6. The van der Waals surface area contributed by atoms with Gasteiger partial charge in [-0.3, -0.25) is 4.79 Å². The number of rotatable bonds is 9. The molecule has 0 unspecified atom stereocenters. The second-order valence-corrected chi connectivity index (χ2v) is 7.50. The van der Waals surface area contributed by atoms with E-state index in [0.29, 0.717) is 42.8 Å². The number of nitrogen functional groups attached to an aromatic ring is 1. The number of nitrogens with one attached hydrogen (secondary N) is 1. The largest absolute Gasteiger partial charge is 0.382 e. The van der Waals surface area contributed by atoms with Crippen molar-refractivity contribution in [3.63, 3.8) is 0 Å². The molecule has 7 heteroatoms. The monoisotopic (exact) mass is 419 g/mol. The lowest BCUT2D eigenvalue weighted by Crippen LogP contribution is -2.24. The van der Waals surface area contributed by atoms with E-state index in [2.05, 4.69) is 47.7 Å². The van der Waals surface area contributed by atoms with Gasteiger partial charge < -0.3 is 11.1 Å². The number of hydrogen-bond donors (Lipinski definition) is 2. The zero-order valence-electron chi connectivity index (χ0n) is 17.6. The van der Waals surface area contributed by atoms with Gasteiger partial charge in [0.2, 0.25) is 5.91 Å². The van der Waals surface area contributed by atoms with Crippen LogP contribution in [0, 0.1) is 24.1 Å². The van der Waals surface area contributed by atoms with Crippen LogP contribution in [0.4, 0.5) is 10.2 Å². The molecule has 0 atom stereocenters. The molecule has 3 rings (SSSR count). The summed E-state index contributed by atoms with van der Waals surface area (Å²) in [7, 11) is 0. The first kappa shape index (κ1) is 22.0. The van der Waals surface area contributed by atoms with Crippen LogP contribution < -0.4 is 11.1 Å². The molecular formula is C24H26FN5O. The van der Waals surface area contributed by atoms with Crippen LogP contribution in [0.25, 0.3) is 5.69 Å². The first-order chi connectivity index (χ1) is 15.0. The van der Waals surface area contributed by atoms with Crippen molar-refractivity contribution in [3.8, 4) is 11.8 Å². The maximum atomic E-state index is 13.2. The van der Waals surface area contributed by atoms with Crippen LogP contribution in [0.2, 0.25) is 0 Å². The van der Waals surface area contributed by atoms with E-state index in [1.807, 2.05) is 0 Å². The highest BCUT2D eigenvalue weighted by molar-refractivity contribution is 5.75. The number of benzene rings is 2. The summed E-state index contributed by atoms with van der Waals surface area (Å²) in [6, 6.07) is 16.2.